The molecule has 1 unspecified atom stereocenters. The molecule has 0 saturated heterocycles. The topological polar surface area (TPSA) is 3.24 Å². The summed E-state index contributed by atoms with van der Waals surface area (Å²) in [5.74, 6) is 0.852. The van der Waals surface area contributed by atoms with Gasteiger partial charge >= 0.3 is 0 Å². The van der Waals surface area contributed by atoms with Gasteiger partial charge in [0.2, 0.25) is 0 Å². The largest absolute Gasteiger partial charge is 0.358 e. The molecule has 0 aromatic rings. The Hall–Kier alpha value is -1.04. The van der Waals surface area contributed by atoms with Gasteiger partial charge in [-0.1, -0.05) is 20.3 Å². The predicted molar refractivity (Wildman–Crippen MR) is 44.4 cm³/mol. The molecule has 0 bridgehead atoms. The average Bonchev–Trinajstić information content (AvgIpc) is 1.65. The molecule has 10 heavy (non-hydrogen) atoms. The van der Waals surface area contributed by atoms with Crippen LogP contribution >= 0.6 is 0 Å². The van der Waals surface area contributed by atoms with Crippen molar-refractivity contribution >= 4 is 0 Å². The van der Waals surface area contributed by atoms with Crippen molar-refractivity contribution in [3.05, 3.63) is 7.43 Å². The van der Waals surface area contributed by atoms with Crippen LogP contribution in [0.2, 0.25) is 0 Å². The van der Waals surface area contributed by atoms with Crippen LogP contribution in [0.1, 0.15) is 20.3 Å². The Morgan fingerprint density at radius 2 is 1.70 bits per heavy atom. The number of nitrogens with zero attached hydrogens (tertiary/aromatic N) is 1. The minimum atomic E-state index is 0. The molecule has 0 aliphatic heterocycles. The standard InChI is InChI=1S/C7H17N.CH3.Rf/c1-5-7(2)6-8(3)4;;/h7H,5-6H2,1-4H3;1H3;/q;-1;. The minimum Gasteiger partial charge on any atom is -0.358 e. The Labute approximate surface area is 60.1 Å². The van der Waals surface area contributed by atoms with E-state index in [2.05, 4.69) is 32.8 Å². The van der Waals surface area contributed by atoms with E-state index in [9.17, 15) is 0 Å². The fourth-order valence-corrected chi connectivity index (χ4v) is 0.752. The van der Waals surface area contributed by atoms with Crippen LogP contribution in [0.4, 0.5) is 0 Å². The monoisotopic (exact) mass is 397 g/mol. The van der Waals surface area contributed by atoms with Gasteiger partial charge in [0.05, 0.1) is 0 Å². The van der Waals surface area contributed by atoms with Gasteiger partial charge in [-0.2, -0.15) is 0 Å². The molecule has 0 aromatic carbocycles. The predicted octanol–water partition coefficient (Wildman–Crippen LogP) is 2.04. The second-order valence-corrected chi connectivity index (χ2v) is 2.78. The first-order chi connectivity index (χ1) is 3.66. The summed E-state index contributed by atoms with van der Waals surface area (Å²) in [7, 11) is 4.23. The van der Waals surface area contributed by atoms with E-state index < -0.39 is 0 Å². The van der Waals surface area contributed by atoms with Gasteiger partial charge in [-0.05, 0) is 20.0 Å². The zero-order valence-corrected chi connectivity index (χ0v) is 14.5. The molecule has 0 amide bonds. The summed E-state index contributed by atoms with van der Waals surface area (Å²) in [5, 5.41) is 0. The van der Waals surface area contributed by atoms with Crippen LogP contribution in [0.15, 0.2) is 0 Å². The number of rotatable bonds is 3. The second-order valence-electron chi connectivity index (χ2n) is 2.78. The third-order valence-electron chi connectivity index (χ3n) is 1.37. The molecular formula is C8H20NRf-. The summed E-state index contributed by atoms with van der Waals surface area (Å²) < 4.78 is 0. The first kappa shape index (κ1) is 16.0. The van der Waals surface area contributed by atoms with Crippen LogP contribution < -0.4 is 0 Å². The molecule has 0 aliphatic rings. The van der Waals surface area contributed by atoms with E-state index in [1.165, 1.54) is 13.0 Å². The van der Waals surface area contributed by atoms with Gasteiger partial charge in [-0.25, -0.2) is 0 Å². The Morgan fingerprint density at radius 3 is 1.80 bits per heavy atom. The number of hydrogen-bond acceptors (Lipinski definition) is 1. The Kier molecular flexibility index (Phi) is 12.7. The Balaban J connectivity index is -0.000000245. The van der Waals surface area contributed by atoms with Crippen LogP contribution in [0.5, 0.6) is 0 Å². The average molecular weight is 397 g/mol. The molecule has 2 heteroatoms. The Morgan fingerprint density at radius 1 is 1.30 bits per heavy atom. The van der Waals surface area contributed by atoms with E-state index in [4.69, 9.17) is 0 Å². The molecule has 0 radical (unpaired) electrons. The zero-order chi connectivity index (χ0) is 6.57. The smallest absolute Gasteiger partial charge is 0.0000818 e. The number of hydrogen-bond donors (Lipinski definition) is 0. The summed E-state index contributed by atoms with van der Waals surface area (Å²) in [6, 6.07) is 0. The van der Waals surface area contributed by atoms with Gasteiger partial charge in [0.25, 0.3) is 0 Å². The molecule has 1 atom stereocenters. The molecular weight excluding hydrogens is 377 g/mol. The SMILES string of the molecule is CCC(C)CN(C)C.[CH3-].[Rf]. The molecule has 0 fully saturated rings. The fraction of sp³-hybridized carbons (Fsp3) is 0.875. The molecule has 60 valence electrons. The molecule has 0 aliphatic carbocycles. The molecule has 1 nitrogen and oxygen atoms in total. The van der Waals surface area contributed by atoms with E-state index in [1.54, 1.807) is 0 Å². The maximum atomic E-state index is 2.28. The van der Waals surface area contributed by atoms with Crippen molar-refractivity contribution in [2.75, 3.05) is 20.6 Å². The summed E-state index contributed by atoms with van der Waals surface area (Å²) in [6.45, 7) is 5.73. The minimum absolute atomic E-state index is 0. The van der Waals surface area contributed by atoms with Crippen molar-refractivity contribution in [1.29, 1.82) is 0 Å². The summed E-state index contributed by atoms with van der Waals surface area (Å²) in [4.78, 5) is 2.23. The van der Waals surface area contributed by atoms with E-state index in [0.29, 0.717) is 0 Å². The van der Waals surface area contributed by atoms with Crippen molar-refractivity contribution < 1.29 is 0 Å². The molecule has 0 spiro atoms. The van der Waals surface area contributed by atoms with Gasteiger partial charge < -0.3 is 12.3 Å². The van der Waals surface area contributed by atoms with E-state index in [1.807, 2.05) is 0 Å². The van der Waals surface area contributed by atoms with Gasteiger partial charge in [-0.3, -0.25) is 0 Å². The van der Waals surface area contributed by atoms with Gasteiger partial charge in [0.1, 0.15) is 0 Å². The zero-order valence-electron chi connectivity index (χ0n) is 8.15. The molecule has 0 heterocycles. The fourth-order valence-electron chi connectivity index (χ4n) is 0.752. The van der Waals surface area contributed by atoms with Crippen molar-refractivity contribution in [3.8, 4) is 0 Å². The molecule has 0 N–H and O–H groups in total. The van der Waals surface area contributed by atoms with Gasteiger partial charge in [-0.15, -0.1) is 0 Å². The quantitative estimate of drug-likeness (QED) is 0.659. The maximum absolute atomic E-state index is 2.28. The normalized spacial score (nSPS) is 11.7. The molecule has 0 saturated carbocycles. The molecule has 0 rings (SSSR count). The molecule has 0 aromatic heterocycles. The van der Waals surface area contributed by atoms with Gasteiger partial charge in [0, 0.05) is 6.54 Å². The van der Waals surface area contributed by atoms with Gasteiger partial charge in [0.15, 0.2) is 0 Å². The van der Waals surface area contributed by atoms with Crippen LogP contribution in [0, 0.1) is 13.3 Å². The van der Waals surface area contributed by atoms with Crippen LogP contribution in [0.3, 0.4) is 0 Å². The Bertz CT molecular complexity index is 55.2. The van der Waals surface area contributed by atoms with E-state index >= 15 is 0 Å². The first-order valence-electron chi connectivity index (χ1n) is 3.31. The van der Waals surface area contributed by atoms with E-state index in [0.717, 1.165) is 5.92 Å². The van der Waals surface area contributed by atoms with Crippen molar-refractivity contribution in [1.82, 2.24) is 4.90 Å². The van der Waals surface area contributed by atoms with E-state index in [-0.39, 0.29) is 7.43 Å². The van der Waals surface area contributed by atoms with Crippen molar-refractivity contribution in [3.63, 3.8) is 0 Å². The van der Waals surface area contributed by atoms with Crippen molar-refractivity contribution in [2.24, 2.45) is 5.92 Å². The van der Waals surface area contributed by atoms with Crippen molar-refractivity contribution in [2.45, 2.75) is 20.3 Å². The second kappa shape index (κ2) is 7.96. The summed E-state index contributed by atoms with van der Waals surface area (Å²) >= 11 is 0. The maximum Gasteiger partial charge on any atom is 0.0000818 e. The van der Waals surface area contributed by atoms with Crippen LogP contribution in [-0.2, 0) is 0 Å². The first-order valence-corrected chi connectivity index (χ1v) is 3.31. The summed E-state index contributed by atoms with van der Waals surface area (Å²) in [5.41, 5.74) is 0. The van der Waals surface area contributed by atoms with Crippen LogP contribution in [-0.4, -0.2) is 25.5 Å². The van der Waals surface area contributed by atoms with Crippen LogP contribution in [0.25, 0.3) is 0 Å². The summed E-state index contributed by atoms with van der Waals surface area (Å²) in [6.07, 6.45) is 1.29. The third kappa shape index (κ3) is 10.0. The third-order valence-corrected chi connectivity index (χ3v) is 1.37.